The van der Waals surface area contributed by atoms with Crippen LogP contribution in [0.2, 0.25) is 0 Å². The summed E-state index contributed by atoms with van der Waals surface area (Å²) in [5.41, 5.74) is -3.39. The van der Waals surface area contributed by atoms with Crippen LogP contribution in [0.5, 0.6) is 5.75 Å². The number of esters is 1. The van der Waals surface area contributed by atoms with Gasteiger partial charge in [-0.1, -0.05) is 32.4 Å². The molecule has 3 N–H and O–H groups in total. The average Bonchev–Trinajstić information content (AvgIpc) is 3.60. The second-order valence-corrected chi connectivity index (χ2v) is 10.9. The molecule has 3 aliphatic carbocycles. The summed E-state index contributed by atoms with van der Waals surface area (Å²) in [6.45, 7) is 5.42. The van der Waals surface area contributed by atoms with Crippen LogP contribution in [0.1, 0.15) is 68.8 Å². The Labute approximate surface area is 203 Å². The molecule has 0 amide bonds. The van der Waals surface area contributed by atoms with E-state index in [4.69, 9.17) is 9.47 Å². The number of aliphatic hydroxyl groups is 1. The number of fused-ring (bicyclic) bond motifs is 2. The molecule has 35 heavy (non-hydrogen) atoms. The molecule has 2 saturated carbocycles. The Morgan fingerprint density at radius 3 is 2.66 bits per heavy atom. The largest absolute Gasteiger partial charge is 0.507 e. The Kier molecular flexibility index (Phi) is 5.83. The van der Waals surface area contributed by atoms with E-state index < -0.39 is 58.5 Å². The topological polar surface area (TPSA) is 139 Å². The van der Waals surface area contributed by atoms with Gasteiger partial charge >= 0.3 is 5.97 Å². The minimum atomic E-state index is -1.75. The summed E-state index contributed by atoms with van der Waals surface area (Å²) in [5, 5.41) is 33.1. The lowest BCUT2D eigenvalue weighted by Gasteiger charge is -2.42. The van der Waals surface area contributed by atoms with Gasteiger partial charge in [0.1, 0.15) is 35.2 Å². The summed E-state index contributed by atoms with van der Waals surface area (Å²) in [7, 11) is 0. The molecule has 1 aromatic heterocycles. The van der Waals surface area contributed by atoms with Gasteiger partial charge in [0.2, 0.25) is 0 Å². The first-order valence-corrected chi connectivity index (χ1v) is 12.5. The van der Waals surface area contributed by atoms with Gasteiger partial charge in [0.25, 0.3) is 5.56 Å². The second kappa shape index (κ2) is 8.48. The normalized spacial score (nSPS) is 39.9. The molecule has 0 bridgehead atoms. The van der Waals surface area contributed by atoms with Crippen LogP contribution in [0, 0.1) is 29.6 Å². The molecule has 4 aliphatic rings. The highest BCUT2D eigenvalue weighted by molar-refractivity contribution is 6.01. The number of hydrogen-bond acceptors (Lipinski definition) is 8. The zero-order chi connectivity index (χ0) is 25.2. The van der Waals surface area contributed by atoms with Gasteiger partial charge in [0.05, 0.1) is 6.20 Å². The van der Waals surface area contributed by atoms with Crippen LogP contribution in [-0.2, 0) is 19.9 Å². The Morgan fingerprint density at radius 2 is 1.94 bits per heavy atom. The van der Waals surface area contributed by atoms with Crippen LogP contribution in [0.3, 0.4) is 0 Å². The monoisotopic (exact) mass is 487 g/mol. The fraction of sp³-hybridized carbons (Fsp3) is 0.654. The van der Waals surface area contributed by atoms with Gasteiger partial charge in [-0.25, -0.2) is 0 Å². The van der Waals surface area contributed by atoms with Crippen LogP contribution >= 0.6 is 0 Å². The first-order valence-electron chi connectivity index (χ1n) is 12.5. The molecule has 0 spiro atoms. The molecule has 2 heterocycles. The highest BCUT2D eigenvalue weighted by Gasteiger charge is 2.63. The number of nitrogens with zero attached hydrogens (tertiary/aromatic N) is 1. The van der Waals surface area contributed by atoms with Crippen molar-refractivity contribution in [2.45, 2.75) is 76.8 Å². The SMILES string of the molecule is CC(=O)OC1CCC(O)(c2cn(O)c(=O)c(C(=O)C3C(C)C=CC4CC(C)CCC43)c2O)C2OC12. The number of rotatable bonds is 4. The third-order valence-electron chi connectivity index (χ3n) is 8.58. The van der Waals surface area contributed by atoms with E-state index in [2.05, 4.69) is 13.0 Å². The molecule has 9 heteroatoms. The zero-order valence-electron chi connectivity index (χ0n) is 20.2. The summed E-state index contributed by atoms with van der Waals surface area (Å²) in [5.74, 6) is -1.39. The van der Waals surface area contributed by atoms with Gasteiger partial charge in [0, 0.05) is 18.4 Å². The lowest BCUT2D eigenvalue weighted by Crippen LogP contribution is -2.44. The molecule has 1 aromatic rings. The molecule has 1 aliphatic heterocycles. The lowest BCUT2D eigenvalue weighted by atomic mass is 9.61. The van der Waals surface area contributed by atoms with Crippen molar-refractivity contribution in [3.63, 3.8) is 0 Å². The van der Waals surface area contributed by atoms with E-state index in [9.17, 15) is 29.8 Å². The van der Waals surface area contributed by atoms with Crippen LogP contribution in [0.15, 0.2) is 23.1 Å². The molecule has 5 rings (SSSR count). The number of Topliss-reactive ketones (excluding diaryl/α,β-unsaturated/α-hetero) is 1. The van der Waals surface area contributed by atoms with Crippen LogP contribution in [0.25, 0.3) is 0 Å². The Balaban J connectivity index is 1.51. The summed E-state index contributed by atoms with van der Waals surface area (Å²) >= 11 is 0. The Hall–Kier alpha value is -2.65. The first kappa shape index (κ1) is 24.1. The summed E-state index contributed by atoms with van der Waals surface area (Å²) in [6.07, 6.45) is 6.37. The van der Waals surface area contributed by atoms with Crippen molar-refractivity contribution < 1.29 is 34.5 Å². The van der Waals surface area contributed by atoms with Gasteiger partial charge in [-0.3, -0.25) is 14.4 Å². The summed E-state index contributed by atoms with van der Waals surface area (Å²) in [4.78, 5) is 38.2. The average molecular weight is 488 g/mol. The number of carbonyl (C=O) groups excluding carboxylic acids is 2. The van der Waals surface area contributed by atoms with Crippen LogP contribution in [0.4, 0.5) is 0 Å². The van der Waals surface area contributed by atoms with E-state index in [1.807, 2.05) is 13.0 Å². The number of epoxide rings is 1. The molecule has 9 unspecified atom stereocenters. The van der Waals surface area contributed by atoms with Crippen molar-refractivity contribution in [2.24, 2.45) is 29.6 Å². The Morgan fingerprint density at radius 1 is 1.20 bits per heavy atom. The number of ketones is 1. The third-order valence-corrected chi connectivity index (χ3v) is 8.58. The lowest BCUT2D eigenvalue weighted by molar-refractivity contribution is -0.149. The molecule has 0 radical (unpaired) electrons. The molecule has 9 nitrogen and oxygen atoms in total. The highest BCUT2D eigenvalue weighted by Crippen LogP contribution is 2.52. The van der Waals surface area contributed by atoms with Crippen molar-refractivity contribution >= 4 is 11.8 Å². The molecular formula is C26H33NO8. The quantitative estimate of drug-likeness (QED) is 0.194. The van der Waals surface area contributed by atoms with E-state index in [-0.39, 0.29) is 40.9 Å². The van der Waals surface area contributed by atoms with E-state index >= 15 is 0 Å². The van der Waals surface area contributed by atoms with Gasteiger partial charge in [-0.05, 0) is 49.4 Å². The number of carbonyl (C=O) groups is 2. The van der Waals surface area contributed by atoms with Crippen molar-refractivity contribution in [2.75, 3.05) is 0 Å². The number of aromatic hydroxyl groups is 1. The number of allylic oxidation sites excluding steroid dienone is 2. The standard InChI is InChI=1S/C26H33NO8/c1-12-4-7-16-15(10-12)6-5-13(2)19(16)22(30)20-21(29)17(11-27(33)25(20)31)26(32)9-8-18(34-14(3)28)23-24(26)35-23/h5-6,11-13,15-16,18-19,23-24,29,32-33H,4,7-10H2,1-3H3. The molecule has 9 atom stereocenters. The predicted octanol–water partition coefficient (Wildman–Crippen LogP) is 2.53. The van der Waals surface area contributed by atoms with E-state index in [1.165, 1.54) is 6.92 Å². The van der Waals surface area contributed by atoms with Gasteiger partial charge in [-0.2, -0.15) is 4.73 Å². The second-order valence-electron chi connectivity index (χ2n) is 10.9. The minimum absolute atomic E-state index is 0.0479. The first-order chi connectivity index (χ1) is 16.5. The van der Waals surface area contributed by atoms with Crippen molar-refractivity contribution in [3.8, 4) is 5.75 Å². The zero-order valence-corrected chi connectivity index (χ0v) is 20.2. The number of ether oxygens (including phenoxy) is 2. The molecule has 3 fully saturated rings. The number of aromatic nitrogens is 1. The van der Waals surface area contributed by atoms with Crippen molar-refractivity contribution in [1.29, 1.82) is 0 Å². The molecule has 0 aromatic carbocycles. The van der Waals surface area contributed by atoms with Crippen LogP contribution in [-0.4, -0.2) is 50.2 Å². The fourth-order valence-electron chi connectivity index (χ4n) is 6.76. The maximum absolute atomic E-state index is 13.9. The molecular weight excluding hydrogens is 454 g/mol. The molecule has 190 valence electrons. The van der Waals surface area contributed by atoms with Gasteiger partial charge in [0.15, 0.2) is 5.78 Å². The molecule has 1 saturated heterocycles. The third kappa shape index (κ3) is 3.89. The number of hydrogen-bond donors (Lipinski definition) is 3. The maximum Gasteiger partial charge on any atom is 0.302 e. The van der Waals surface area contributed by atoms with Gasteiger partial charge in [-0.15, -0.1) is 0 Å². The Bertz CT molecular complexity index is 1140. The van der Waals surface area contributed by atoms with E-state index in [0.29, 0.717) is 5.92 Å². The fourth-order valence-corrected chi connectivity index (χ4v) is 6.76. The highest BCUT2D eigenvalue weighted by atomic mass is 16.6. The summed E-state index contributed by atoms with van der Waals surface area (Å²) in [6, 6.07) is 0. The van der Waals surface area contributed by atoms with Gasteiger partial charge < -0.3 is 24.9 Å². The predicted molar refractivity (Wildman–Crippen MR) is 123 cm³/mol. The summed E-state index contributed by atoms with van der Waals surface area (Å²) < 4.78 is 11.1. The maximum atomic E-state index is 13.9. The van der Waals surface area contributed by atoms with Crippen molar-refractivity contribution in [3.05, 3.63) is 39.8 Å². The van der Waals surface area contributed by atoms with E-state index in [1.54, 1.807) is 0 Å². The van der Waals surface area contributed by atoms with Crippen LogP contribution < -0.4 is 5.56 Å². The number of pyridine rings is 1. The van der Waals surface area contributed by atoms with E-state index in [0.717, 1.165) is 25.5 Å². The van der Waals surface area contributed by atoms with Crippen molar-refractivity contribution in [1.82, 2.24) is 4.73 Å². The minimum Gasteiger partial charge on any atom is -0.507 e. The smallest absolute Gasteiger partial charge is 0.302 e.